The number of carbonyl (C=O) groups excluding carboxylic acids is 5. The highest BCUT2D eigenvalue weighted by molar-refractivity contribution is 7.85. The largest absolute Gasteiger partial charge is 0.477 e. The minimum Gasteiger partial charge on any atom is -0.477 e. The third-order valence-corrected chi connectivity index (χ3v) is 11.0. The Bertz CT molecular complexity index is 2410. The number of allylic oxidation sites excluding steroid dienone is 6. The molecule has 6 aliphatic rings. The number of benzene rings is 1. The first-order valence-corrected chi connectivity index (χ1v) is 20.6. The number of aliphatic carboxylic acids is 1. The fraction of sp³-hybridized carbons (Fsp3) is 0.400. The highest BCUT2D eigenvalue weighted by Gasteiger charge is 2.48. The van der Waals surface area contributed by atoms with Crippen LogP contribution in [0.25, 0.3) is 0 Å². The Labute approximate surface area is 363 Å². The number of fused-ring (bicyclic) bond motifs is 2. The summed E-state index contributed by atoms with van der Waals surface area (Å²) in [7, 11) is -4.02. The van der Waals surface area contributed by atoms with Gasteiger partial charge in [0.1, 0.15) is 17.8 Å². The Morgan fingerprint density at radius 3 is 1.61 bits per heavy atom. The molecule has 4 amide bonds. The molecule has 0 bridgehead atoms. The van der Waals surface area contributed by atoms with E-state index in [0.717, 1.165) is 15.4 Å². The SMILES string of the molecule is Cc1ccc(S(=O)(=O)O)cc1.N#C[C@@H]1CC(F)(F)CN1C(=O)CCC(=O)C1=NNC(=O)C2C=CC=CC12.N#C[C@@H]1CC(F)(F)CN1C(=O)CN.O=C(O)C1=NNC(=O)C2C=CC=CC12. The maximum absolute atomic E-state index is 13.4. The van der Waals surface area contributed by atoms with Crippen LogP contribution in [-0.2, 0) is 38.9 Å². The van der Waals surface area contributed by atoms with Gasteiger partial charge in [-0.25, -0.2) is 33.2 Å². The lowest BCUT2D eigenvalue weighted by Gasteiger charge is -2.27. The topological polar surface area (TPSA) is 306 Å². The molecule has 2 aliphatic carbocycles. The second-order valence-electron chi connectivity index (χ2n) is 14.8. The van der Waals surface area contributed by atoms with Crippen LogP contribution in [0, 0.1) is 53.3 Å². The molecular weight excluding hydrogens is 875 g/mol. The molecule has 0 radical (unpaired) electrons. The van der Waals surface area contributed by atoms with E-state index in [1.807, 2.05) is 6.92 Å². The van der Waals surface area contributed by atoms with Crippen LogP contribution in [-0.4, -0.2) is 118 Å². The first-order chi connectivity index (χ1) is 30.0. The van der Waals surface area contributed by atoms with Gasteiger partial charge in [0, 0.05) is 37.5 Å². The summed E-state index contributed by atoms with van der Waals surface area (Å²) in [6.45, 7) is -0.00320. The number of hydrogen-bond acceptors (Lipinski definition) is 13. The first-order valence-electron chi connectivity index (χ1n) is 19.1. The third-order valence-electron chi connectivity index (χ3n) is 10.1. The van der Waals surface area contributed by atoms with E-state index >= 15 is 0 Å². The molecule has 0 spiro atoms. The first kappa shape index (κ1) is 49.8. The summed E-state index contributed by atoms with van der Waals surface area (Å²) >= 11 is 0. The Balaban J connectivity index is 0.000000201. The number of aryl methyl sites for hydroxylation is 1. The number of nitrogens with two attached hydrogens (primary N) is 1. The number of alkyl halides is 4. The van der Waals surface area contributed by atoms with E-state index in [0.29, 0.717) is 0 Å². The molecule has 0 aromatic heterocycles. The van der Waals surface area contributed by atoms with Crippen LogP contribution in [0.15, 0.2) is 88.0 Å². The Morgan fingerprint density at radius 2 is 1.19 bits per heavy atom. The zero-order valence-corrected chi connectivity index (χ0v) is 34.5. The van der Waals surface area contributed by atoms with Gasteiger partial charge in [0.25, 0.3) is 22.0 Å². The van der Waals surface area contributed by atoms with Crippen molar-refractivity contribution >= 4 is 56.9 Å². The molecule has 1 aromatic carbocycles. The van der Waals surface area contributed by atoms with Crippen LogP contribution in [0.3, 0.4) is 0 Å². The van der Waals surface area contributed by atoms with E-state index in [2.05, 4.69) is 21.1 Å². The fourth-order valence-corrected chi connectivity index (χ4v) is 7.39. The Kier molecular flexibility index (Phi) is 16.3. The molecule has 1 aromatic rings. The van der Waals surface area contributed by atoms with E-state index in [1.54, 1.807) is 72.9 Å². The molecule has 6 atom stereocenters. The zero-order chi connectivity index (χ0) is 47.6. The lowest BCUT2D eigenvalue weighted by atomic mass is 9.81. The van der Waals surface area contributed by atoms with Gasteiger partial charge in [-0.05, 0) is 19.1 Å². The number of carboxylic acid groups (broad SMARTS) is 1. The van der Waals surface area contributed by atoms with E-state index in [1.165, 1.54) is 12.1 Å². The van der Waals surface area contributed by atoms with Gasteiger partial charge >= 0.3 is 5.97 Å². The quantitative estimate of drug-likeness (QED) is 0.193. The predicted molar refractivity (Wildman–Crippen MR) is 215 cm³/mol. The number of ketones is 1. The molecule has 6 N–H and O–H groups in total. The number of nitrogens with one attached hydrogen (secondary N) is 2. The van der Waals surface area contributed by atoms with Crippen LogP contribution in [0.5, 0.6) is 0 Å². The second-order valence-corrected chi connectivity index (χ2v) is 16.2. The molecule has 0 saturated carbocycles. The van der Waals surface area contributed by atoms with Crippen molar-refractivity contribution in [3.63, 3.8) is 0 Å². The van der Waals surface area contributed by atoms with Gasteiger partial charge < -0.3 is 20.6 Å². The molecule has 340 valence electrons. The summed E-state index contributed by atoms with van der Waals surface area (Å²) in [5.41, 5.74) is 10.6. The monoisotopic (exact) mass is 915 g/mol. The van der Waals surface area contributed by atoms with Gasteiger partial charge in [-0.1, -0.05) is 66.3 Å². The molecule has 24 heteroatoms. The second kappa shape index (κ2) is 21.0. The van der Waals surface area contributed by atoms with Crippen LogP contribution in [0.2, 0.25) is 0 Å². The molecule has 2 saturated heterocycles. The maximum atomic E-state index is 13.4. The summed E-state index contributed by atoms with van der Waals surface area (Å²) in [6.07, 6.45) is 11.8. The number of likely N-dealkylation sites (tertiary alicyclic amines) is 2. The molecular formula is C40H41F4N9O10S. The maximum Gasteiger partial charge on any atom is 0.352 e. The summed E-state index contributed by atoms with van der Waals surface area (Å²) in [4.78, 5) is 71.1. The molecule has 4 aliphatic heterocycles. The van der Waals surface area contributed by atoms with Crippen LogP contribution >= 0.6 is 0 Å². The summed E-state index contributed by atoms with van der Waals surface area (Å²) in [6, 6.07) is 7.12. The summed E-state index contributed by atoms with van der Waals surface area (Å²) < 4.78 is 81.9. The third kappa shape index (κ3) is 12.8. The number of hydrogen-bond donors (Lipinski definition) is 5. The van der Waals surface area contributed by atoms with Gasteiger partial charge in [-0.15, -0.1) is 0 Å². The number of nitriles is 2. The van der Waals surface area contributed by atoms with Gasteiger partial charge in [-0.3, -0.25) is 28.5 Å². The minimum absolute atomic E-state index is 0.0183. The van der Waals surface area contributed by atoms with Gasteiger partial charge in [0.2, 0.25) is 23.6 Å². The Hall–Kier alpha value is -6.89. The number of nitrogens with zero attached hydrogens (tertiary/aromatic N) is 6. The van der Waals surface area contributed by atoms with E-state index in [4.69, 9.17) is 25.9 Å². The average molecular weight is 916 g/mol. The number of halogens is 4. The molecule has 2 fully saturated rings. The molecule has 4 unspecified atom stereocenters. The normalized spacial score (nSPS) is 25.3. The lowest BCUT2D eigenvalue weighted by Crippen LogP contribution is -2.44. The van der Waals surface area contributed by atoms with Gasteiger partial charge in [0.15, 0.2) is 11.5 Å². The van der Waals surface area contributed by atoms with Crippen molar-refractivity contribution in [2.45, 2.75) is 61.4 Å². The molecule has 64 heavy (non-hydrogen) atoms. The van der Waals surface area contributed by atoms with Crippen molar-refractivity contribution in [3.8, 4) is 12.1 Å². The van der Waals surface area contributed by atoms with Crippen molar-refractivity contribution in [1.29, 1.82) is 10.5 Å². The average Bonchev–Trinajstić information content (AvgIpc) is 3.76. The predicted octanol–water partition coefficient (Wildman–Crippen LogP) is 1.80. The number of rotatable bonds is 7. The van der Waals surface area contributed by atoms with E-state index < -0.39 is 107 Å². The molecule has 19 nitrogen and oxygen atoms in total. The van der Waals surface area contributed by atoms with Gasteiger partial charge in [0.05, 0.1) is 48.5 Å². The zero-order valence-electron chi connectivity index (χ0n) is 33.7. The Morgan fingerprint density at radius 1 is 0.766 bits per heavy atom. The van der Waals surface area contributed by atoms with Crippen LogP contribution < -0.4 is 16.6 Å². The molecule has 7 rings (SSSR count). The molecule has 4 heterocycles. The van der Waals surface area contributed by atoms with Crippen molar-refractivity contribution in [3.05, 3.63) is 78.4 Å². The van der Waals surface area contributed by atoms with Crippen molar-refractivity contribution < 1.29 is 64.4 Å². The fourth-order valence-electron chi connectivity index (χ4n) is 6.91. The minimum atomic E-state index is -4.02. The number of amides is 4. The van der Waals surface area contributed by atoms with Crippen molar-refractivity contribution in [2.24, 2.45) is 39.6 Å². The number of hydrazone groups is 2. The number of carboxylic acids is 1. The smallest absolute Gasteiger partial charge is 0.352 e. The number of carbonyl (C=O) groups is 6. The highest BCUT2D eigenvalue weighted by Crippen LogP contribution is 2.33. The highest BCUT2D eigenvalue weighted by atomic mass is 32.2. The van der Waals surface area contributed by atoms with E-state index in [-0.39, 0.29) is 47.5 Å². The number of Topliss-reactive ketones (excluding diaryl/α,β-unsaturated/α-hetero) is 1. The standard InChI is InChI=1S/C17H16F2N4O3.C9H8N2O3.C7H9F2N3O.C7H8O3S/c18-17(19)7-10(8-20)23(9-17)14(25)6-5-13(24)15-11-3-1-2-4-12(11)16(26)22-21-15;12-8-6-4-2-1-3-5(6)7(9(13)14)10-11-8;8-7(9)1-5(2-10)12(4-7)6(13)3-11;1-6-2-4-7(5-3-6)11(8,9)10/h1-4,10-12H,5-7,9H2,(H,22,26);1-6H,(H,11,12)(H,13,14);5H,1,3-4,11H2;2-5H,1H3,(H,8,9,10)/t10-,11?,12?;;5-;/m0.0./s1. The van der Waals surface area contributed by atoms with Crippen LogP contribution in [0.1, 0.15) is 31.2 Å². The summed E-state index contributed by atoms with van der Waals surface area (Å²) in [5.74, 6) is -11.4. The van der Waals surface area contributed by atoms with Crippen molar-refractivity contribution in [1.82, 2.24) is 20.7 Å². The van der Waals surface area contributed by atoms with Crippen molar-refractivity contribution in [2.75, 3.05) is 19.6 Å². The van der Waals surface area contributed by atoms with Gasteiger partial charge in [-0.2, -0.15) is 29.1 Å². The van der Waals surface area contributed by atoms with Crippen LogP contribution in [0.4, 0.5) is 17.6 Å². The van der Waals surface area contributed by atoms with E-state index in [9.17, 15) is 54.7 Å². The summed E-state index contributed by atoms with van der Waals surface area (Å²) in [5, 5.41) is 33.6. The lowest BCUT2D eigenvalue weighted by molar-refractivity contribution is -0.134.